The van der Waals surface area contributed by atoms with Gasteiger partial charge in [0.25, 0.3) is 0 Å². The van der Waals surface area contributed by atoms with E-state index < -0.39 is 17.7 Å². The molecule has 4 fully saturated rings. The zero-order chi connectivity index (χ0) is 30.3. The second kappa shape index (κ2) is 10.2. The summed E-state index contributed by atoms with van der Waals surface area (Å²) in [5.74, 6) is 0.286. The third kappa shape index (κ3) is 4.24. The van der Waals surface area contributed by atoms with E-state index in [0.29, 0.717) is 64.5 Å². The lowest BCUT2D eigenvalue weighted by molar-refractivity contribution is 0.107. The van der Waals surface area contributed by atoms with Gasteiger partial charge in [0.05, 0.1) is 23.1 Å². The molecule has 1 saturated carbocycles. The van der Waals surface area contributed by atoms with Crippen molar-refractivity contribution in [1.82, 2.24) is 19.9 Å². The molecule has 8 rings (SSSR count). The number of hydrogen-bond acceptors (Lipinski definition) is 8. The zero-order valence-corrected chi connectivity index (χ0v) is 25.1. The maximum absolute atomic E-state index is 16.8. The molecule has 1 aliphatic carbocycles. The molecule has 2 aromatic carbocycles. The number of piperidine rings is 1. The summed E-state index contributed by atoms with van der Waals surface area (Å²) in [6.07, 6.45) is 6.28. The van der Waals surface area contributed by atoms with Gasteiger partial charge in [-0.3, -0.25) is 9.88 Å². The van der Waals surface area contributed by atoms with Crippen molar-refractivity contribution >= 4 is 27.5 Å². The number of rotatable bonds is 6. The first-order valence-corrected chi connectivity index (χ1v) is 15.9. The second-order valence-electron chi connectivity index (χ2n) is 13.5. The van der Waals surface area contributed by atoms with Gasteiger partial charge < -0.3 is 19.8 Å². The molecule has 230 valence electrons. The van der Waals surface area contributed by atoms with Crippen LogP contribution in [-0.2, 0) is 6.42 Å². The lowest BCUT2D eigenvalue weighted by Gasteiger charge is -2.33. The lowest BCUT2D eigenvalue weighted by atomic mass is 9.92. The largest absolute Gasteiger partial charge is 0.508 e. The summed E-state index contributed by atoms with van der Waals surface area (Å²) in [4.78, 5) is 18.6. The summed E-state index contributed by atoms with van der Waals surface area (Å²) in [7, 11) is 0. The minimum Gasteiger partial charge on any atom is -0.508 e. The SMILES string of the molecule is CCc1c(F)ccc2cc(O)cc(-c3ncc4c(N5C[C@@H]6C[C@@H](O)[C@H]5C6)nc(OC[C@@]56CCCN5C[C@H](C)C6)nc4c3F)c12. The molecule has 3 saturated heterocycles. The maximum Gasteiger partial charge on any atom is 0.319 e. The van der Waals surface area contributed by atoms with Gasteiger partial charge in [0.15, 0.2) is 5.82 Å². The minimum atomic E-state index is -0.686. The highest BCUT2D eigenvalue weighted by Crippen LogP contribution is 2.45. The fraction of sp³-hybridized carbons (Fsp3) is 0.500. The van der Waals surface area contributed by atoms with E-state index in [1.807, 2.05) is 6.92 Å². The molecular formula is C34H37F2N5O3. The van der Waals surface area contributed by atoms with Gasteiger partial charge >= 0.3 is 6.01 Å². The fourth-order valence-corrected chi connectivity index (χ4v) is 8.78. The first-order chi connectivity index (χ1) is 21.2. The van der Waals surface area contributed by atoms with E-state index in [4.69, 9.17) is 9.72 Å². The van der Waals surface area contributed by atoms with Crippen molar-refractivity contribution in [2.45, 2.75) is 70.1 Å². The van der Waals surface area contributed by atoms with E-state index in [0.717, 1.165) is 45.2 Å². The Labute approximate surface area is 254 Å². The predicted molar refractivity (Wildman–Crippen MR) is 164 cm³/mol. The molecule has 0 spiro atoms. The van der Waals surface area contributed by atoms with Crippen molar-refractivity contribution in [3.05, 3.63) is 47.7 Å². The lowest BCUT2D eigenvalue weighted by Crippen LogP contribution is -2.44. The first-order valence-electron chi connectivity index (χ1n) is 15.9. The molecule has 10 heteroatoms. The number of aryl methyl sites for hydroxylation is 1. The van der Waals surface area contributed by atoms with Crippen LogP contribution in [0, 0.1) is 23.5 Å². The molecule has 5 atom stereocenters. The van der Waals surface area contributed by atoms with Gasteiger partial charge in [0, 0.05) is 24.8 Å². The molecule has 0 amide bonds. The van der Waals surface area contributed by atoms with Crippen molar-refractivity contribution in [3.63, 3.8) is 0 Å². The van der Waals surface area contributed by atoms with E-state index in [9.17, 15) is 14.6 Å². The number of phenolic OH excluding ortho intramolecular Hbond substituents is 1. The average molecular weight is 602 g/mol. The van der Waals surface area contributed by atoms with Gasteiger partial charge in [-0.25, -0.2) is 8.78 Å². The Bertz CT molecular complexity index is 1800. The Morgan fingerprint density at radius 2 is 2.00 bits per heavy atom. The number of anilines is 1. The van der Waals surface area contributed by atoms with Crippen molar-refractivity contribution in [1.29, 1.82) is 0 Å². The molecule has 44 heavy (non-hydrogen) atoms. The molecule has 8 nitrogen and oxygen atoms in total. The Kier molecular flexibility index (Phi) is 6.47. The average Bonchev–Trinajstić information content (AvgIpc) is 3.75. The van der Waals surface area contributed by atoms with Gasteiger partial charge in [0.2, 0.25) is 0 Å². The molecule has 5 heterocycles. The normalized spacial score (nSPS) is 28.1. The standard InChI is InChI=1S/C34H37F2N5O3/c1-3-22-25(35)6-5-20-11-21(42)12-23(28(20)22)30-29(36)31-24(14-37-30)32(41-16-19-9-26(41)27(43)10-19)39-33(38-31)44-17-34-7-4-8-40(34)15-18(2)13-34/h5-6,11-12,14,18-19,26-27,42-43H,3-4,7-10,13,15-17H2,1-2H3/t18-,19+,26-,27-,34+/m1/s1. The number of pyridine rings is 1. The molecule has 2 N–H and O–H groups in total. The molecule has 0 radical (unpaired) electrons. The van der Waals surface area contributed by atoms with Crippen LogP contribution in [-0.4, -0.2) is 74.0 Å². The van der Waals surface area contributed by atoms with E-state index in [2.05, 4.69) is 26.7 Å². The van der Waals surface area contributed by atoms with Gasteiger partial charge in [-0.2, -0.15) is 9.97 Å². The van der Waals surface area contributed by atoms with Crippen LogP contribution in [0.5, 0.6) is 11.8 Å². The highest BCUT2D eigenvalue weighted by Gasteiger charge is 2.48. The second-order valence-corrected chi connectivity index (χ2v) is 13.5. The third-order valence-corrected chi connectivity index (χ3v) is 10.6. The van der Waals surface area contributed by atoms with Gasteiger partial charge in [-0.05, 0) is 91.4 Å². The molecule has 2 bridgehead atoms. The third-order valence-electron chi connectivity index (χ3n) is 10.6. The topological polar surface area (TPSA) is 94.8 Å². The summed E-state index contributed by atoms with van der Waals surface area (Å²) < 4.78 is 38.1. The monoisotopic (exact) mass is 601 g/mol. The number of benzene rings is 2. The van der Waals surface area contributed by atoms with Crippen LogP contribution < -0.4 is 9.64 Å². The smallest absolute Gasteiger partial charge is 0.319 e. The van der Waals surface area contributed by atoms with Crippen LogP contribution in [0.1, 0.15) is 51.5 Å². The van der Waals surface area contributed by atoms with Crippen LogP contribution in [0.15, 0.2) is 30.5 Å². The summed E-state index contributed by atoms with van der Waals surface area (Å²) >= 11 is 0. The molecule has 4 aliphatic rings. The molecule has 4 aromatic rings. The molecule has 0 unspecified atom stereocenters. The highest BCUT2D eigenvalue weighted by atomic mass is 19.1. The number of aliphatic hydroxyl groups excluding tert-OH is 1. The predicted octanol–water partition coefficient (Wildman–Crippen LogP) is 5.60. The van der Waals surface area contributed by atoms with E-state index >= 15 is 4.39 Å². The number of aromatic nitrogens is 3. The number of aromatic hydroxyl groups is 1. The Morgan fingerprint density at radius 3 is 2.80 bits per heavy atom. The number of phenols is 1. The van der Waals surface area contributed by atoms with Crippen molar-refractivity contribution in [3.8, 4) is 23.0 Å². The Balaban J connectivity index is 1.28. The van der Waals surface area contributed by atoms with Crippen molar-refractivity contribution < 1.29 is 23.7 Å². The number of fused-ring (bicyclic) bond motifs is 5. The number of halogens is 2. The first kappa shape index (κ1) is 27.9. The number of ether oxygens (including phenoxy) is 1. The minimum absolute atomic E-state index is 0.0255. The van der Waals surface area contributed by atoms with Crippen LogP contribution in [0.25, 0.3) is 32.9 Å². The number of hydrogen-bond donors (Lipinski definition) is 2. The van der Waals surface area contributed by atoms with E-state index in [1.165, 1.54) is 12.1 Å². The fourth-order valence-electron chi connectivity index (χ4n) is 8.78. The molecule has 2 aromatic heterocycles. The van der Waals surface area contributed by atoms with Crippen LogP contribution in [0.2, 0.25) is 0 Å². The summed E-state index contributed by atoms with van der Waals surface area (Å²) in [5.41, 5.74) is 0.694. The highest BCUT2D eigenvalue weighted by molar-refractivity contribution is 6.01. The van der Waals surface area contributed by atoms with Gasteiger partial charge in [-0.1, -0.05) is 19.9 Å². The van der Waals surface area contributed by atoms with Crippen LogP contribution in [0.4, 0.5) is 14.6 Å². The zero-order valence-electron chi connectivity index (χ0n) is 25.1. The van der Waals surface area contributed by atoms with Crippen LogP contribution in [0.3, 0.4) is 0 Å². The van der Waals surface area contributed by atoms with Crippen molar-refractivity contribution in [2.75, 3.05) is 31.1 Å². The summed E-state index contributed by atoms with van der Waals surface area (Å²) in [6, 6.07) is 5.92. The Morgan fingerprint density at radius 1 is 1.14 bits per heavy atom. The van der Waals surface area contributed by atoms with E-state index in [1.54, 1.807) is 18.3 Å². The van der Waals surface area contributed by atoms with Gasteiger partial charge in [0.1, 0.15) is 35.2 Å². The molecule has 3 aliphatic heterocycles. The van der Waals surface area contributed by atoms with E-state index in [-0.39, 0.29) is 34.6 Å². The number of aliphatic hydroxyl groups is 1. The summed E-state index contributed by atoms with van der Waals surface area (Å²) in [5, 5.41) is 22.9. The van der Waals surface area contributed by atoms with Gasteiger partial charge in [-0.15, -0.1) is 0 Å². The summed E-state index contributed by atoms with van der Waals surface area (Å²) in [6.45, 7) is 7.34. The van der Waals surface area contributed by atoms with Crippen LogP contribution >= 0.6 is 0 Å². The number of nitrogens with zero attached hydrogens (tertiary/aromatic N) is 5. The Hall–Kier alpha value is -3.63. The maximum atomic E-state index is 16.8. The van der Waals surface area contributed by atoms with Crippen molar-refractivity contribution in [2.24, 2.45) is 11.8 Å². The quantitative estimate of drug-likeness (QED) is 0.295. The molecular weight excluding hydrogens is 564 g/mol.